The number of carboxylic acid groups (broad SMARTS) is 2. The first-order valence-corrected chi connectivity index (χ1v) is 18.8. The Hall–Kier alpha value is -8.95. The smallest absolute Gasteiger partial charge is 0.339 e. The van der Waals surface area contributed by atoms with Crippen LogP contribution in [0.5, 0.6) is 74.7 Å². The van der Waals surface area contributed by atoms with Gasteiger partial charge in [0, 0.05) is 59.7 Å². The number of ether oxygens (including phenoxy) is 4. The van der Waals surface area contributed by atoms with Crippen LogP contribution < -0.4 is 14.9 Å². The summed E-state index contributed by atoms with van der Waals surface area (Å²) in [5.41, 5.74) is -5.14. The van der Waals surface area contributed by atoms with E-state index in [1.165, 1.54) is 0 Å². The van der Waals surface area contributed by atoms with Gasteiger partial charge in [0.25, 0.3) is 0 Å². The fraction of sp³-hybridized carbons (Fsp3) is 0.186. The van der Waals surface area contributed by atoms with Gasteiger partial charge in [-0.25, -0.2) is 14.4 Å². The van der Waals surface area contributed by atoms with E-state index >= 15 is 0 Å². The van der Waals surface area contributed by atoms with Crippen molar-refractivity contribution in [3.05, 3.63) is 110 Å². The third-order valence-corrected chi connectivity index (χ3v) is 10.6. The predicted octanol–water partition coefficient (Wildman–Crippen LogP) is 3.20. The maximum absolute atomic E-state index is 13.7. The fourth-order valence-corrected chi connectivity index (χ4v) is 7.65. The van der Waals surface area contributed by atoms with Crippen LogP contribution in [-0.4, -0.2) is 109 Å². The fourth-order valence-electron chi connectivity index (χ4n) is 7.65. The van der Waals surface area contributed by atoms with Crippen molar-refractivity contribution in [2.24, 2.45) is 0 Å². The first kappa shape index (κ1) is 44.1. The highest BCUT2D eigenvalue weighted by molar-refractivity contribution is 5.94. The highest BCUT2D eigenvalue weighted by atomic mass is 16.6. The highest BCUT2D eigenvalue weighted by Gasteiger charge is 2.45. The van der Waals surface area contributed by atoms with E-state index in [1.807, 2.05) is 0 Å². The third kappa shape index (κ3) is 8.49. The summed E-state index contributed by atoms with van der Waals surface area (Å²) in [7, 11) is 0. The molecule has 0 bridgehead atoms. The summed E-state index contributed by atoms with van der Waals surface area (Å²) >= 11 is 0. The number of hydrogen-bond acceptors (Lipinski definition) is 20. The van der Waals surface area contributed by atoms with Crippen LogP contribution in [0.1, 0.15) is 71.8 Å². The number of phenols is 10. The molecule has 22 heteroatoms. The molecule has 7 rings (SSSR count). The van der Waals surface area contributed by atoms with E-state index in [9.17, 15) is 90.4 Å². The first-order chi connectivity index (χ1) is 30.6. The number of hydrogen-bond donors (Lipinski definition) is 13. The zero-order chi connectivity index (χ0) is 47.3. The maximum Gasteiger partial charge on any atom is 0.339 e. The van der Waals surface area contributed by atoms with Gasteiger partial charge in [-0.2, -0.15) is 0 Å². The van der Waals surface area contributed by atoms with Crippen LogP contribution in [0.2, 0.25) is 0 Å². The Kier molecular flexibility index (Phi) is 11.4. The average molecular weight is 903 g/mol. The lowest BCUT2D eigenvalue weighted by atomic mass is 9.81. The summed E-state index contributed by atoms with van der Waals surface area (Å²) in [4.78, 5) is 66.7. The normalized spacial score (nSPS) is 17.8. The van der Waals surface area contributed by atoms with Crippen LogP contribution in [0, 0.1) is 0 Å². The number of rotatable bonds is 10. The standard InChI is InChI=1S/C43H34O22/c44-17-7-23(46)21-11-32(64-42(60)15-3-25(48)36(55)26(49)4-15)39(62-30(21)9-17)14-1-19(35(41(58)59)38(57)29(52)2-14)20(13-34(53)54)40-33(12-22-24(47)8-18(45)10-31(22)63-40)65-43(61)16-5-27(50)37(56)28(51)6-16/h1-10,20,32-33,39-40,44-51,55-56H,11-13H2,(H,52,57)(H,53,54)(H,58,59)/t20?,32-,33-,39-,40-/m1/s1. The second-order valence-electron chi connectivity index (χ2n) is 14.9. The molecular formula is C43H34O22. The van der Waals surface area contributed by atoms with Gasteiger partial charge in [-0.15, -0.1) is 0 Å². The van der Waals surface area contributed by atoms with Gasteiger partial charge in [-0.3, -0.25) is 9.59 Å². The molecule has 0 fully saturated rings. The van der Waals surface area contributed by atoms with Crippen LogP contribution in [0.25, 0.3) is 0 Å². The molecule has 0 aliphatic carbocycles. The number of carbonyl (C=O) groups excluding carboxylic acids is 2. The summed E-state index contributed by atoms with van der Waals surface area (Å²) in [6.07, 6.45) is -9.34. The third-order valence-electron chi connectivity index (χ3n) is 10.6. The molecular weight excluding hydrogens is 868 g/mol. The van der Waals surface area contributed by atoms with Crippen molar-refractivity contribution in [2.45, 2.75) is 49.6 Å². The lowest BCUT2D eigenvalue weighted by Crippen LogP contribution is -2.45. The molecule has 2 aliphatic heterocycles. The van der Waals surface area contributed by atoms with Crippen LogP contribution in [0.15, 0.2) is 65.5 Å². The van der Waals surface area contributed by atoms with E-state index in [4.69, 9.17) is 18.9 Å². The largest absolute Gasteiger partial charge is 0.508 e. The molecule has 22 nitrogen and oxygen atoms in total. The number of benzene rings is 4. The number of fused-ring (bicyclic) bond motifs is 2. The molecule has 0 aromatic heterocycles. The minimum Gasteiger partial charge on any atom is -0.508 e. The summed E-state index contributed by atoms with van der Waals surface area (Å²) < 4.78 is 23.6. The summed E-state index contributed by atoms with van der Waals surface area (Å²) in [6.45, 7) is 0. The number of carboxylic acids is 2. The Morgan fingerprint density at radius 2 is 1.03 bits per heavy atom. The van der Waals surface area contributed by atoms with Crippen LogP contribution in [0.3, 0.4) is 0 Å². The average Bonchev–Trinajstić information content (AvgIpc) is 3.35. The van der Waals surface area contributed by atoms with Crippen molar-refractivity contribution in [1.82, 2.24) is 0 Å². The van der Waals surface area contributed by atoms with E-state index in [0.717, 1.165) is 42.5 Å². The number of aliphatic carboxylic acids is 1. The number of aromatic hydroxyl groups is 11. The van der Waals surface area contributed by atoms with Gasteiger partial charge >= 0.3 is 23.9 Å². The highest BCUT2D eigenvalue weighted by Crippen LogP contribution is 2.47. The Labute approximate surface area is 362 Å². The Morgan fingerprint density at radius 3 is 1.51 bits per heavy atom. The Bertz CT molecular complexity index is 2840. The van der Waals surface area contributed by atoms with Crippen molar-refractivity contribution < 1.29 is 105 Å². The minimum absolute atomic E-state index is 0.0744. The first-order valence-electron chi connectivity index (χ1n) is 18.8. The van der Waals surface area contributed by atoms with E-state index in [1.54, 1.807) is 0 Å². The van der Waals surface area contributed by atoms with E-state index in [0.29, 0.717) is 18.2 Å². The zero-order valence-electron chi connectivity index (χ0n) is 32.8. The lowest BCUT2D eigenvalue weighted by Gasteiger charge is -2.38. The van der Waals surface area contributed by atoms with Crippen molar-refractivity contribution in [1.29, 1.82) is 0 Å². The van der Waals surface area contributed by atoms with Gasteiger partial charge in [0.15, 0.2) is 46.4 Å². The van der Waals surface area contributed by atoms with Crippen molar-refractivity contribution >= 4 is 23.9 Å². The number of carbonyl (C=O) groups is 4. The van der Waals surface area contributed by atoms with Gasteiger partial charge in [-0.1, -0.05) is 6.07 Å². The van der Waals surface area contributed by atoms with Crippen LogP contribution >= 0.6 is 0 Å². The van der Waals surface area contributed by atoms with E-state index in [2.05, 4.69) is 0 Å². The summed E-state index contributed by atoms with van der Waals surface area (Å²) in [5.74, 6) is -18.4. The molecule has 0 spiro atoms. The number of aromatic carboxylic acids is 1. The molecule has 1 unspecified atom stereocenters. The molecule has 2 aliphatic rings. The number of esters is 2. The second kappa shape index (κ2) is 16.7. The van der Waals surface area contributed by atoms with E-state index < -0.39 is 170 Å². The molecule has 0 saturated heterocycles. The summed E-state index contributed by atoms with van der Waals surface area (Å²) in [6, 6.07) is 8.19. The van der Waals surface area contributed by atoms with Crippen LogP contribution in [0.4, 0.5) is 0 Å². The lowest BCUT2D eigenvalue weighted by molar-refractivity contribution is -0.138. The molecule has 2 heterocycles. The zero-order valence-corrected chi connectivity index (χ0v) is 32.8. The molecule has 13 N–H and O–H groups in total. The Balaban J connectivity index is 1.42. The molecule has 65 heavy (non-hydrogen) atoms. The monoisotopic (exact) mass is 902 g/mol. The molecule has 0 saturated carbocycles. The van der Waals surface area contributed by atoms with Gasteiger partial charge in [0.1, 0.15) is 58.4 Å². The van der Waals surface area contributed by atoms with Crippen molar-refractivity contribution in [2.75, 3.05) is 0 Å². The van der Waals surface area contributed by atoms with Gasteiger partial charge in [0.05, 0.1) is 17.5 Å². The van der Waals surface area contributed by atoms with Gasteiger partial charge < -0.3 is 85.3 Å². The molecule has 5 atom stereocenters. The van der Waals surface area contributed by atoms with Crippen molar-refractivity contribution in [3.63, 3.8) is 0 Å². The molecule has 5 aromatic rings. The Morgan fingerprint density at radius 1 is 0.569 bits per heavy atom. The topological polar surface area (TPSA) is 385 Å². The van der Waals surface area contributed by atoms with Crippen molar-refractivity contribution in [3.8, 4) is 74.7 Å². The molecule has 0 amide bonds. The van der Waals surface area contributed by atoms with E-state index in [-0.39, 0.29) is 22.6 Å². The van der Waals surface area contributed by atoms with Gasteiger partial charge in [-0.05, 0) is 35.9 Å². The summed E-state index contributed by atoms with van der Waals surface area (Å²) in [5, 5.41) is 134. The SMILES string of the molecule is O=C(O)CC(c1cc([C@H]2Oc3cc(O)cc(O)c3C[C@H]2OC(=O)c2cc(O)c(O)c(O)c2)cc(=O)c(O)c1C(=O)O)[C@H]1Oc2cc(O)cc(O)c2C[C@H]1OC(=O)c1cc(O)c(O)c(O)c1. The molecule has 338 valence electrons. The quantitative estimate of drug-likeness (QED) is 0.0706. The van der Waals surface area contributed by atoms with Crippen LogP contribution in [-0.2, 0) is 27.1 Å². The maximum atomic E-state index is 13.7. The molecule has 5 aromatic carbocycles. The minimum atomic E-state index is -2.01. The van der Waals surface area contributed by atoms with Gasteiger partial charge in [0.2, 0.25) is 5.43 Å². The number of phenolic OH excluding ortho intramolecular Hbond substituents is 10. The predicted molar refractivity (Wildman–Crippen MR) is 212 cm³/mol. The molecule has 0 radical (unpaired) electrons. The second-order valence-corrected chi connectivity index (χ2v) is 14.9.